The molecular weight excluding hydrogens is 196 g/mol. The number of hydrogen-bond donors (Lipinski definition) is 1. The first-order chi connectivity index (χ1) is 7.77. The molecule has 0 atom stereocenters. The average molecular weight is 220 g/mol. The van der Waals surface area contributed by atoms with E-state index in [0.29, 0.717) is 0 Å². The van der Waals surface area contributed by atoms with Crippen LogP contribution >= 0.6 is 0 Å². The summed E-state index contributed by atoms with van der Waals surface area (Å²) in [7, 11) is 0. The highest BCUT2D eigenvalue weighted by molar-refractivity contribution is 5.48. The van der Waals surface area contributed by atoms with Crippen LogP contribution in [-0.2, 0) is 0 Å². The van der Waals surface area contributed by atoms with Crippen LogP contribution in [0.25, 0.3) is 0 Å². The van der Waals surface area contributed by atoms with E-state index in [-0.39, 0.29) is 0 Å². The summed E-state index contributed by atoms with van der Waals surface area (Å²) in [5.41, 5.74) is 8.17. The molecule has 1 aromatic carbocycles. The van der Waals surface area contributed by atoms with Crippen LogP contribution in [0.5, 0.6) is 0 Å². The molecule has 1 aromatic rings. The van der Waals surface area contributed by atoms with Gasteiger partial charge in [-0.3, -0.25) is 0 Å². The number of nitrogens with zero attached hydrogens (tertiary/aromatic N) is 1. The Morgan fingerprint density at radius 3 is 2.62 bits per heavy atom. The first-order valence-corrected chi connectivity index (χ1v) is 6.29. The molecule has 0 spiro atoms. The zero-order chi connectivity index (χ0) is 11.8. The molecule has 90 valence electrons. The van der Waals surface area contributed by atoms with Crippen LogP contribution in [-0.4, -0.2) is 19.6 Å². The van der Waals surface area contributed by atoms with Gasteiger partial charge < -0.3 is 10.6 Å². The maximum Gasteiger partial charge on any atom is 0.0368 e. The fourth-order valence-corrected chi connectivity index (χ4v) is 1.92. The first kappa shape index (κ1) is 13.0. The van der Waals surface area contributed by atoms with Crippen LogP contribution in [0.4, 0.5) is 5.69 Å². The predicted octanol–water partition coefficient (Wildman–Crippen LogP) is 2.95. The van der Waals surface area contributed by atoms with Crippen LogP contribution in [0.2, 0.25) is 0 Å². The summed E-state index contributed by atoms with van der Waals surface area (Å²) >= 11 is 0. The van der Waals surface area contributed by atoms with Crippen LogP contribution in [0.3, 0.4) is 0 Å². The quantitative estimate of drug-likeness (QED) is 0.716. The summed E-state index contributed by atoms with van der Waals surface area (Å²) in [6.07, 6.45) is 3.61. The molecule has 1 rings (SSSR count). The minimum Gasteiger partial charge on any atom is -0.372 e. The molecule has 0 saturated carbocycles. The molecule has 2 heteroatoms. The Balaban J connectivity index is 2.47. The van der Waals surface area contributed by atoms with Crippen molar-refractivity contribution < 1.29 is 0 Å². The van der Waals surface area contributed by atoms with Crippen molar-refractivity contribution in [1.29, 1.82) is 0 Å². The molecule has 2 nitrogen and oxygen atoms in total. The molecule has 0 fully saturated rings. The number of nitrogens with two attached hydrogens (primary N) is 1. The number of hydrogen-bond acceptors (Lipinski definition) is 2. The van der Waals surface area contributed by atoms with Crippen molar-refractivity contribution in [3.63, 3.8) is 0 Å². The van der Waals surface area contributed by atoms with Crippen molar-refractivity contribution in [2.75, 3.05) is 24.5 Å². The smallest absolute Gasteiger partial charge is 0.0368 e. The number of unbranched alkanes of at least 4 members (excludes halogenated alkanes) is 2. The van der Waals surface area contributed by atoms with Crippen molar-refractivity contribution >= 4 is 5.69 Å². The molecule has 0 aliphatic carbocycles. The Morgan fingerprint density at radius 1 is 1.19 bits per heavy atom. The standard InChI is InChI=1S/C14H24N2/c1-3-16(11-6-4-5-10-15)14-9-7-8-13(2)12-14/h7-9,12H,3-6,10-11,15H2,1-2H3. The van der Waals surface area contributed by atoms with Crippen molar-refractivity contribution in [2.45, 2.75) is 33.1 Å². The maximum absolute atomic E-state index is 5.50. The summed E-state index contributed by atoms with van der Waals surface area (Å²) in [5, 5.41) is 0. The van der Waals surface area contributed by atoms with E-state index < -0.39 is 0 Å². The van der Waals surface area contributed by atoms with Gasteiger partial charge in [-0.15, -0.1) is 0 Å². The Kier molecular flexibility index (Phi) is 5.94. The molecule has 0 amide bonds. The van der Waals surface area contributed by atoms with Crippen LogP contribution < -0.4 is 10.6 Å². The average Bonchev–Trinajstić information content (AvgIpc) is 2.29. The lowest BCUT2D eigenvalue weighted by molar-refractivity contribution is 0.664. The molecule has 0 radical (unpaired) electrons. The molecule has 0 heterocycles. The molecule has 0 bridgehead atoms. The zero-order valence-electron chi connectivity index (χ0n) is 10.6. The van der Waals surface area contributed by atoms with E-state index in [1.165, 1.54) is 24.1 Å². The highest BCUT2D eigenvalue weighted by Crippen LogP contribution is 2.16. The van der Waals surface area contributed by atoms with Gasteiger partial charge in [-0.05, 0) is 50.9 Å². The SMILES string of the molecule is CCN(CCCCCN)c1cccc(C)c1. The van der Waals surface area contributed by atoms with Crippen LogP contribution in [0.15, 0.2) is 24.3 Å². The minimum atomic E-state index is 0.816. The Bertz CT molecular complexity index is 297. The topological polar surface area (TPSA) is 29.3 Å². The lowest BCUT2D eigenvalue weighted by Gasteiger charge is -2.23. The largest absolute Gasteiger partial charge is 0.372 e. The molecule has 0 unspecified atom stereocenters. The third-order valence-electron chi connectivity index (χ3n) is 2.88. The van der Waals surface area contributed by atoms with E-state index in [4.69, 9.17) is 5.73 Å². The third kappa shape index (κ3) is 4.23. The minimum absolute atomic E-state index is 0.816. The van der Waals surface area contributed by atoms with E-state index in [0.717, 1.165) is 26.1 Å². The van der Waals surface area contributed by atoms with Crippen LogP contribution in [0, 0.1) is 6.92 Å². The lowest BCUT2D eigenvalue weighted by atomic mass is 10.2. The van der Waals surface area contributed by atoms with Gasteiger partial charge in [0.05, 0.1) is 0 Å². The van der Waals surface area contributed by atoms with Crippen molar-refractivity contribution in [3.05, 3.63) is 29.8 Å². The van der Waals surface area contributed by atoms with E-state index in [1.54, 1.807) is 0 Å². The number of benzene rings is 1. The van der Waals surface area contributed by atoms with E-state index in [2.05, 4.69) is 43.0 Å². The normalized spacial score (nSPS) is 10.4. The summed E-state index contributed by atoms with van der Waals surface area (Å²) in [6, 6.07) is 8.73. The lowest BCUT2D eigenvalue weighted by Crippen LogP contribution is -2.24. The van der Waals surface area contributed by atoms with Gasteiger partial charge in [-0.1, -0.05) is 18.6 Å². The summed E-state index contributed by atoms with van der Waals surface area (Å²) in [4.78, 5) is 2.43. The maximum atomic E-state index is 5.50. The molecule has 0 aromatic heterocycles. The number of rotatable bonds is 7. The molecule has 16 heavy (non-hydrogen) atoms. The van der Waals surface area contributed by atoms with Gasteiger partial charge in [0.25, 0.3) is 0 Å². The Hall–Kier alpha value is -1.02. The second-order valence-corrected chi connectivity index (χ2v) is 4.27. The van der Waals surface area contributed by atoms with Gasteiger partial charge >= 0.3 is 0 Å². The van der Waals surface area contributed by atoms with Gasteiger partial charge in [0.15, 0.2) is 0 Å². The van der Waals surface area contributed by atoms with Crippen molar-refractivity contribution in [2.24, 2.45) is 5.73 Å². The fourth-order valence-electron chi connectivity index (χ4n) is 1.92. The van der Waals surface area contributed by atoms with Gasteiger partial charge in [0.1, 0.15) is 0 Å². The summed E-state index contributed by atoms with van der Waals surface area (Å²) in [6.45, 7) is 7.39. The summed E-state index contributed by atoms with van der Waals surface area (Å²) < 4.78 is 0. The second-order valence-electron chi connectivity index (χ2n) is 4.27. The molecular formula is C14H24N2. The number of aryl methyl sites for hydroxylation is 1. The van der Waals surface area contributed by atoms with Gasteiger partial charge in [0, 0.05) is 18.8 Å². The monoisotopic (exact) mass is 220 g/mol. The number of anilines is 1. The highest BCUT2D eigenvalue weighted by Gasteiger charge is 2.03. The second kappa shape index (κ2) is 7.29. The van der Waals surface area contributed by atoms with Gasteiger partial charge in [-0.2, -0.15) is 0 Å². The Labute approximate surface area is 99.5 Å². The van der Waals surface area contributed by atoms with E-state index >= 15 is 0 Å². The fraction of sp³-hybridized carbons (Fsp3) is 0.571. The molecule has 0 aliphatic rings. The molecule has 2 N–H and O–H groups in total. The van der Waals surface area contributed by atoms with Crippen molar-refractivity contribution in [3.8, 4) is 0 Å². The Morgan fingerprint density at radius 2 is 2.00 bits per heavy atom. The third-order valence-corrected chi connectivity index (χ3v) is 2.88. The van der Waals surface area contributed by atoms with Crippen molar-refractivity contribution in [1.82, 2.24) is 0 Å². The first-order valence-electron chi connectivity index (χ1n) is 6.29. The van der Waals surface area contributed by atoms with E-state index in [9.17, 15) is 0 Å². The van der Waals surface area contributed by atoms with Gasteiger partial charge in [0.2, 0.25) is 0 Å². The van der Waals surface area contributed by atoms with E-state index in [1.807, 2.05) is 0 Å². The highest BCUT2D eigenvalue weighted by atomic mass is 15.1. The molecule has 0 saturated heterocycles. The predicted molar refractivity (Wildman–Crippen MR) is 72.0 cm³/mol. The summed E-state index contributed by atoms with van der Waals surface area (Å²) in [5.74, 6) is 0. The van der Waals surface area contributed by atoms with Gasteiger partial charge in [-0.25, -0.2) is 0 Å². The van der Waals surface area contributed by atoms with Crippen LogP contribution in [0.1, 0.15) is 31.7 Å². The molecule has 0 aliphatic heterocycles. The zero-order valence-corrected chi connectivity index (χ0v) is 10.6.